The first kappa shape index (κ1) is 30.0. The fourth-order valence-corrected chi connectivity index (χ4v) is 8.17. The van der Waals surface area contributed by atoms with E-state index >= 15 is 0 Å². The zero-order valence-electron chi connectivity index (χ0n) is 23.2. The molecule has 0 radical (unpaired) electrons. The molecule has 0 aromatic heterocycles. The Morgan fingerprint density at radius 3 is 2.08 bits per heavy atom. The number of anilines is 1. The van der Waals surface area contributed by atoms with Gasteiger partial charge in [0, 0.05) is 9.92 Å². The SMILES string of the molecule is C[Si](C)(C)OC(=O)CN1C(=O)C(O[Si](C)(C)C)C(c2ccc(O[Si](C)(C)C)cc2)Sc2cc(Cl)ccc21. The van der Waals surface area contributed by atoms with Crippen molar-refractivity contribution >= 4 is 65.9 Å². The maximum Gasteiger partial charge on any atom is 0.312 e. The zero-order valence-corrected chi connectivity index (χ0v) is 27.8. The Hall–Kier alpha value is -1.57. The molecule has 2 unspecified atom stereocenters. The summed E-state index contributed by atoms with van der Waals surface area (Å²) in [7, 11) is -6.05. The molecule has 0 saturated carbocycles. The molecule has 11 heteroatoms. The Kier molecular flexibility index (Phi) is 9.13. The van der Waals surface area contributed by atoms with Crippen molar-refractivity contribution < 1.29 is 22.9 Å². The number of benzene rings is 2. The van der Waals surface area contributed by atoms with Gasteiger partial charge in [0.2, 0.25) is 16.6 Å². The van der Waals surface area contributed by atoms with Gasteiger partial charge in [-0.25, -0.2) is 0 Å². The van der Waals surface area contributed by atoms with Crippen LogP contribution in [0.4, 0.5) is 5.69 Å². The van der Waals surface area contributed by atoms with E-state index in [2.05, 4.69) is 39.3 Å². The number of hydrogen-bond donors (Lipinski definition) is 0. The van der Waals surface area contributed by atoms with Gasteiger partial charge >= 0.3 is 5.97 Å². The predicted molar refractivity (Wildman–Crippen MR) is 160 cm³/mol. The van der Waals surface area contributed by atoms with Gasteiger partial charge in [-0.2, -0.15) is 0 Å². The van der Waals surface area contributed by atoms with Gasteiger partial charge in [-0.15, -0.1) is 11.8 Å². The molecule has 1 heterocycles. The van der Waals surface area contributed by atoms with Crippen LogP contribution in [0.5, 0.6) is 5.75 Å². The first-order valence-electron chi connectivity index (χ1n) is 12.4. The second-order valence-corrected chi connectivity index (χ2v) is 27.0. The summed E-state index contributed by atoms with van der Waals surface area (Å²) in [6.07, 6.45) is -0.786. The first-order valence-corrected chi connectivity index (χ1v) is 23.9. The molecule has 0 spiro atoms. The fraction of sp³-hybridized carbons (Fsp3) is 0.462. The summed E-state index contributed by atoms with van der Waals surface area (Å²) in [5, 5.41) is 0.223. The van der Waals surface area contributed by atoms with E-state index in [1.54, 1.807) is 12.1 Å². The van der Waals surface area contributed by atoms with Gasteiger partial charge in [0.15, 0.2) is 8.32 Å². The van der Waals surface area contributed by atoms with Crippen LogP contribution in [0.15, 0.2) is 47.4 Å². The summed E-state index contributed by atoms with van der Waals surface area (Å²) in [6, 6.07) is 13.3. The van der Waals surface area contributed by atoms with Gasteiger partial charge < -0.3 is 13.3 Å². The molecule has 3 rings (SSSR count). The summed E-state index contributed by atoms with van der Waals surface area (Å²) in [5.74, 6) is 0.141. The Labute approximate surface area is 233 Å². The largest absolute Gasteiger partial charge is 0.544 e. The van der Waals surface area contributed by atoms with E-state index < -0.39 is 37.0 Å². The second kappa shape index (κ2) is 11.3. The van der Waals surface area contributed by atoms with Gasteiger partial charge in [-0.1, -0.05) is 23.7 Å². The predicted octanol–water partition coefficient (Wildman–Crippen LogP) is 7.33. The number of carbonyl (C=O) groups excluding carboxylic acids is 2. The van der Waals surface area contributed by atoms with Gasteiger partial charge in [-0.3, -0.25) is 14.5 Å². The third-order valence-corrected chi connectivity index (χ3v) is 9.31. The second-order valence-electron chi connectivity index (χ2n) is 12.1. The molecule has 2 aromatic carbocycles. The van der Waals surface area contributed by atoms with Crippen LogP contribution < -0.4 is 9.33 Å². The normalized spacial score (nSPS) is 18.8. The molecule has 1 amide bonds. The van der Waals surface area contributed by atoms with Crippen LogP contribution >= 0.6 is 23.4 Å². The average Bonchev–Trinajstić information content (AvgIpc) is 2.81. The van der Waals surface area contributed by atoms with Crippen molar-refractivity contribution in [2.24, 2.45) is 0 Å². The Morgan fingerprint density at radius 2 is 1.54 bits per heavy atom. The highest BCUT2D eigenvalue weighted by molar-refractivity contribution is 7.99. The van der Waals surface area contributed by atoms with Crippen LogP contribution in [0.25, 0.3) is 0 Å². The van der Waals surface area contributed by atoms with E-state index in [1.807, 2.05) is 50.0 Å². The van der Waals surface area contributed by atoms with E-state index in [1.165, 1.54) is 16.7 Å². The third kappa shape index (κ3) is 8.72. The Morgan fingerprint density at radius 1 is 0.919 bits per heavy atom. The lowest BCUT2D eigenvalue weighted by atomic mass is 10.1. The van der Waals surface area contributed by atoms with Crippen molar-refractivity contribution in [1.82, 2.24) is 0 Å². The van der Waals surface area contributed by atoms with Crippen molar-refractivity contribution in [3.63, 3.8) is 0 Å². The Balaban J connectivity index is 2.08. The van der Waals surface area contributed by atoms with Crippen molar-refractivity contribution in [1.29, 1.82) is 0 Å². The van der Waals surface area contributed by atoms with Crippen molar-refractivity contribution in [2.45, 2.75) is 75.2 Å². The highest BCUT2D eigenvalue weighted by Gasteiger charge is 2.42. The van der Waals surface area contributed by atoms with Gasteiger partial charge in [0.05, 0.1) is 10.9 Å². The lowest BCUT2D eigenvalue weighted by molar-refractivity contribution is -0.136. The van der Waals surface area contributed by atoms with Gasteiger partial charge in [-0.05, 0) is 94.8 Å². The number of thioether (sulfide) groups is 1. The maximum absolute atomic E-state index is 14.2. The summed E-state index contributed by atoms with van der Waals surface area (Å²) in [6.45, 7) is 18.3. The molecule has 1 aliphatic heterocycles. The van der Waals surface area contributed by atoms with Crippen LogP contribution in [0.1, 0.15) is 10.8 Å². The molecule has 202 valence electrons. The number of amides is 1. The standard InChI is InChI=1S/C26H38ClNO5SSi3/c1-35(2,3)31-20-13-10-18(11-14-20)25-24(33-37(7,8)9)26(30)28(17-23(29)32-36(4,5)6)21-15-12-19(27)16-22(21)34-25/h10-16,24-25H,17H2,1-9H3. The number of halogens is 1. The van der Waals surface area contributed by atoms with Gasteiger partial charge in [0.1, 0.15) is 18.4 Å². The third-order valence-electron chi connectivity index (χ3n) is 5.07. The first-order chi connectivity index (χ1) is 16.9. The van der Waals surface area contributed by atoms with Crippen LogP contribution in [0, 0.1) is 0 Å². The van der Waals surface area contributed by atoms with Crippen LogP contribution in [0.3, 0.4) is 0 Å². The molecular formula is C26H38ClNO5SSi3. The minimum atomic E-state index is -2.16. The monoisotopic (exact) mass is 595 g/mol. The Bertz CT molecular complexity index is 1140. The quantitative estimate of drug-likeness (QED) is 0.298. The fourth-order valence-electron chi connectivity index (χ4n) is 3.89. The summed E-state index contributed by atoms with van der Waals surface area (Å²) in [4.78, 5) is 29.4. The minimum Gasteiger partial charge on any atom is -0.544 e. The number of fused-ring (bicyclic) bond motifs is 1. The summed E-state index contributed by atoms with van der Waals surface area (Å²) < 4.78 is 18.4. The highest BCUT2D eigenvalue weighted by Crippen LogP contribution is 2.48. The minimum absolute atomic E-state index is 0.181. The smallest absolute Gasteiger partial charge is 0.312 e. The molecule has 2 atom stereocenters. The lowest BCUT2D eigenvalue weighted by Gasteiger charge is -2.32. The number of carbonyl (C=O) groups is 2. The average molecular weight is 596 g/mol. The highest BCUT2D eigenvalue weighted by atomic mass is 35.5. The molecule has 0 saturated heterocycles. The van der Waals surface area contributed by atoms with E-state index in [-0.39, 0.29) is 17.7 Å². The molecular weight excluding hydrogens is 558 g/mol. The van der Waals surface area contributed by atoms with E-state index in [0.717, 1.165) is 16.2 Å². The zero-order chi connectivity index (χ0) is 27.8. The van der Waals surface area contributed by atoms with Crippen LogP contribution in [-0.4, -0.2) is 49.5 Å². The van der Waals surface area contributed by atoms with Crippen LogP contribution in [-0.2, 0) is 18.4 Å². The van der Waals surface area contributed by atoms with E-state index in [4.69, 9.17) is 24.9 Å². The molecule has 0 N–H and O–H groups in total. The maximum atomic E-state index is 14.2. The molecule has 37 heavy (non-hydrogen) atoms. The topological polar surface area (TPSA) is 65.1 Å². The molecule has 1 aliphatic rings. The van der Waals surface area contributed by atoms with E-state index in [0.29, 0.717) is 10.7 Å². The molecule has 2 aromatic rings. The van der Waals surface area contributed by atoms with Gasteiger partial charge in [0.25, 0.3) is 5.91 Å². The van der Waals surface area contributed by atoms with Crippen molar-refractivity contribution in [3.8, 4) is 5.75 Å². The number of nitrogens with zero attached hydrogens (tertiary/aromatic N) is 1. The lowest BCUT2D eigenvalue weighted by Crippen LogP contribution is -2.48. The number of rotatable bonds is 8. The number of hydrogen-bond acceptors (Lipinski definition) is 6. The summed E-state index contributed by atoms with van der Waals surface area (Å²) >= 11 is 7.92. The molecule has 6 nitrogen and oxygen atoms in total. The van der Waals surface area contributed by atoms with Crippen molar-refractivity contribution in [3.05, 3.63) is 53.1 Å². The summed E-state index contributed by atoms with van der Waals surface area (Å²) in [5.41, 5.74) is 1.58. The molecule has 0 aliphatic carbocycles. The molecule has 0 bridgehead atoms. The van der Waals surface area contributed by atoms with E-state index in [9.17, 15) is 9.59 Å². The molecule has 0 fully saturated rings. The van der Waals surface area contributed by atoms with Crippen molar-refractivity contribution in [2.75, 3.05) is 11.4 Å². The van der Waals surface area contributed by atoms with Crippen LogP contribution in [0.2, 0.25) is 63.9 Å².